The lowest BCUT2D eigenvalue weighted by Crippen LogP contribution is -2.46. The molecule has 2 amide bonds. The van der Waals surface area contributed by atoms with Crippen molar-refractivity contribution < 1.29 is 14.3 Å². The predicted octanol–water partition coefficient (Wildman–Crippen LogP) is 3.88. The zero-order valence-electron chi connectivity index (χ0n) is 15.5. The number of nitrogens with zero attached hydrogens (tertiary/aromatic N) is 3. The molecule has 3 heterocycles. The maximum Gasteiger partial charge on any atom is 0.410 e. The van der Waals surface area contributed by atoms with Crippen molar-refractivity contribution in [3.8, 4) is 0 Å². The fourth-order valence-electron chi connectivity index (χ4n) is 3.21. The molecular weight excluding hydrogens is 412 g/mol. The van der Waals surface area contributed by atoms with E-state index in [0.717, 1.165) is 5.56 Å². The first-order valence-electron chi connectivity index (χ1n) is 9.26. The van der Waals surface area contributed by atoms with E-state index in [0.29, 0.717) is 46.2 Å². The summed E-state index contributed by atoms with van der Waals surface area (Å²) < 4.78 is 5.37. The number of benzene rings is 1. The second-order valence-electron chi connectivity index (χ2n) is 6.77. The largest absolute Gasteiger partial charge is 0.445 e. The summed E-state index contributed by atoms with van der Waals surface area (Å²) in [5, 5.41) is 4.06. The quantitative estimate of drug-likeness (QED) is 0.635. The summed E-state index contributed by atoms with van der Waals surface area (Å²) in [5.74, 6) is -0.158. The molecule has 1 fully saturated rings. The molecule has 0 unspecified atom stereocenters. The number of hydrogen-bond donors (Lipinski definition) is 1. The number of hydrogen-bond acceptors (Lipinski definition) is 6. The van der Waals surface area contributed by atoms with Gasteiger partial charge in [-0.2, -0.15) is 0 Å². The molecule has 0 atom stereocenters. The van der Waals surface area contributed by atoms with E-state index in [9.17, 15) is 9.59 Å². The molecule has 9 heteroatoms. The van der Waals surface area contributed by atoms with E-state index >= 15 is 0 Å². The first-order valence-corrected chi connectivity index (χ1v) is 10.5. The van der Waals surface area contributed by atoms with Gasteiger partial charge in [0.15, 0.2) is 0 Å². The molecule has 7 nitrogen and oxygen atoms in total. The molecule has 150 valence electrons. The van der Waals surface area contributed by atoms with Crippen molar-refractivity contribution >= 4 is 45.2 Å². The molecule has 1 aliphatic heterocycles. The first kappa shape index (κ1) is 19.6. The zero-order chi connectivity index (χ0) is 20.2. The molecule has 1 saturated heterocycles. The number of rotatable bonds is 4. The summed E-state index contributed by atoms with van der Waals surface area (Å²) in [6, 6.07) is 11.3. The maximum absolute atomic E-state index is 12.6. The average molecular weight is 431 g/mol. The van der Waals surface area contributed by atoms with E-state index in [1.807, 2.05) is 30.3 Å². The van der Waals surface area contributed by atoms with Crippen molar-refractivity contribution in [1.82, 2.24) is 20.2 Å². The number of halogens is 1. The third-order valence-electron chi connectivity index (χ3n) is 4.80. The lowest BCUT2D eigenvalue weighted by molar-refractivity contribution is 0.0811. The topological polar surface area (TPSA) is 84.4 Å². The summed E-state index contributed by atoms with van der Waals surface area (Å²) in [4.78, 5) is 35.8. The highest BCUT2D eigenvalue weighted by Gasteiger charge is 2.25. The predicted molar refractivity (Wildman–Crippen MR) is 111 cm³/mol. The van der Waals surface area contributed by atoms with Crippen molar-refractivity contribution in [3.63, 3.8) is 0 Å². The number of amides is 2. The summed E-state index contributed by atoms with van der Waals surface area (Å²) >= 11 is 7.34. The van der Waals surface area contributed by atoms with Crippen LogP contribution in [0.15, 0.2) is 42.7 Å². The van der Waals surface area contributed by atoms with Crippen molar-refractivity contribution in [1.29, 1.82) is 0 Å². The smallest absolute Gasteiger partial charge is 0.410 e. The Bertz CT molecular complexity index is 1020. The molecule has 2 aromatic heterocycles. The van der Waals surface area contributed by atoms with Gasteiger partial charge in [-0.1, -0.05) is 41.9 Å². The third kappa shape index (κ3) is 4.65. The van der Waals surface area contributed by atoms with Gasteiger partial charge < -0.3 is 15.0 Å². The Morgan fingerprint density at radius 1 is 1.21 bits per heavy atom. The van der Waals surface area contributed by atoms with Crippen LogP contribution in [0, 0.1) is 0 Å². The number of thiophene rings is 1. The molecule has 0 radical (unpaired) electrons. The standard InChI is InChI=1S/C20H19ClN4O3S/c21-17-15-10-16(29-19(15)23-12-22-17)18(26)24-14-6-8-25(9-7-14)20(27)28-11-13-4-2-1-3-5-13/h1-5,10,12,14H,6-9,11H2,(H,24,26). The lowest BCUT2D eigenvalue weighted by Gasteiger charge is -2.31. The fraction of sp³-hybridized carbons (Fsp3) is 0.300. The van der Waals surface area contributed by atoms with Gasteiger partial charge in [0.2, 0.25) is 0 Å². The van der Waals surface area contributed by atoms with E-state index in [2.05, 4.69) is 15.3 Å². The van der Waals surface area contributed by atoms with Crippen molar-refractivity contribution in [3.05, 3.63) is 58.3 Å². The van der Waals surface area contributed by atoms with Crippen molar-refractivity contribution in [2.75, 3.05) is 13.1 Å². The van der Waals surface area contributed by atoms with Gasteiger partial charge in [0.1, 0.15) is 22.9 Å². The zero-order valence-corrected chi connectivity index (χ0v) is 17.1. The van der Waals surface area contributed by atoms with Gasteiger partial charge >= 0.3 is 6.09 Å². The third-order valence-corrected chi connectivity index (χ3v) is 6.14. The number of carbonyl (C=O) groups excluding carboxylic acids is 2. The normalized spacial score (nSPS) is 14.7. The highest BCUT2D eigenvalue weighted by molar-refractivity contribution is 7.20. The summed E-state index contributed by atoms with van der Waals surface area (Å²) in [7, 11) is 0. The number of nitrogens with one attached hydrogen (secondary N) is 1. The summed E-state index contributed by atoms with van der Waals surface area (Å²) in [5.41, 5.74) is 0.955. The van der Waals surface area contributed by atoms with E-state index in [4.69, 9.17) is 16.3 Å². The number of carbonyl (C=O) groups is 2. The van der Waals surface area contributed by atoms with Gasteiger partial charge in [0.05, 0.1) is 4.88 Å². The Kier molecular flexibility index (Phi) is 5.92. The Labute approximate surface area is 176 Å². The molecule has 0 saturated carbocycles. The molecule has 4 rings (SSSR count). The average Bonchev–Trinajstić information content (AvgIpc) is 3.19. The van der Waals surface area contributed by atoms with Crippen LogP contribution in [0.1, 0.15) is 28.1 Å². The number of fused-ring (bicyclic) bond motifs is 1. The second-order valence-corrected chi connectivity index (χ2v) is 8.16. The van der Waals surface area contributed by atoms with Crippen molar-refractivity contribution in [2.24, 2.45) is 0 Å². The second kappa shape index (κ2) is 8.75. The number of piperidine rings is 1. The molecule has 29 heavy (non-hydrogen) atoms. The van der Waals surface area contributed by atoms with E-state index < -0.39 is 0 Å². The SMILES string of the molecule is O=C(NC1CCN(C(=O)OCc2ccccc2)CC1)c1cc2c(Cl)ncnc2s1. The Morgan fingerprint density at radius 3 is 2.69 bits per heavy atom. The number of ether oxygens (including phenoxy) is 1. The molecule has 0 spiro atoms. The number of likely N-dealkylation sites (tertiary alicyclic amines) is 1. The minimum atomic E-state index is -0.323. The molecule has 1 aliphatic rings. The van der Waals surface area contributed by atoms with Gasteiger partial charge in [-0.05, 0) is 24.5 Å². The van der Waals surface area contributed by atoms with Crippen LogP contribution >= 0.6 is 22.9 Å². The Balaban J connectivity index is 1.27. The molecule has 3 aromatic rings. The molecular formula is C20H19ClN4O3S. The Morgan fingerprint density at radius 2 is 1.97 bits per heavy atom. The fourth-order valence-corrected chi connectivity index (χ4v) is 4.36. The van der Waals surface area contributed by atoms with Crippen LogP contribution in [-0.2, 0) is 11.3 Å². The molecule has 1 N–H and O–H groups in total. The van der Waals surface area contributed by atoms with Gasteiger partial charge in [-0.3, -0.25) is 4.79 Å². The minimum absolute atomic E-state index is 0.00689. The molecule has 0 bridgehead atoms. The van der Waals surface area contributed by atoms with Crippen LogP contribution < -0.4 is 5.32 Å². The first-order chi connectivity index (χ1) is 14.1. The van der Waals surface area contributed by atoms with Gasteiger partial charge in [-0.25, -0.2) is 14.8 Å². The molecule has 1 aromatic carbocycles. The van der Waals surface area contributed by atoms with Crippen molar-refractivity contribution in [2.45, 2.75) is 25.5 Å². The highest BCUT2D eigenvalue weighted by atomic mass is 35.5. The summed E-state index contributed by atoms with van der Waals surface area (Å²) in [6.45, 7) is 1.35. The van der Waals surface area contributed by atoms with Gasteiger partial charge in [0, 0.05) is 24.5 Å². The van der Waals surface area contributed by atoms with Crippen LogP contribution in [-0.4, -0.2) is 46.0 Å². The van der Waals surface area contributed by atoms with Crippen LogP contribution in [0.3, 0.4) is 0 Å². The Hall–Kier alpha value is -2.71. The summed E-state index contributed by atoms with van der Waals surface area (Å²) in [6.07, 6.45) is 2.42. The van der Waals surface area contributed by atoms with Crippen LogP contribution in [0.25, 0.3) is 10.2 Å². The van der Waals surface area contributed by atoms with E-state index in [1.165, 1.54) is 17.7 Å². The monoisotopic (exact) mass is 430 g/mol. The van der Waals surface area contributed by atoms with Crippen LogP contribution in [0.5, 0.6) is 0 Å². The molecule has 0 aliphatic carbocycles. The lowest BCUT2D eigenvalue weighted by atomic mass is 10.1. The number of aromatic nitrogens is 2. The van der Waals surface area contributed by atoms with Crippen LogP contribution in [0.2, 0.25) is 5.15 Å². The van der Waals surface area contributed by atoms with E-state index in [-0.39, 0.29) is 24.6 Å². The van der Waals surface area contributed by atoms with Gasteiger partial charge in [-0.15, -0.1) is 11.3 Å². The van der Waals surface area contributed by atoms with Crippen LogP contribution in [0.4, 0.5) is 4.79 Å². The minimum Gasteiger partial charge on any atom is -0.445 e. The van der Waals surface area contributed by atoms with E-state index in [1.54, 1.807) is 11.0 Å². The van der Waals surface area contributed by atoms with Gasteiger partial charge in [0.25, 0.3) is 5.91 Å². The highest BCUT2D eigenvalue weighted by Crippen LogP contribution is 2.28. The maximum atomic E-state index is 12.6.